The average molecular weight is 435 g/mol. The molecule has 0 aliphatic rings. The number of anilines is 1. The molecule has 0 saturated carbocycles. The molecule has 162 valence electrons. The van der Waals surface area contributed by atoms with E-state index >= 15 is 0 Å². The first-order valence-corrected chi connectivity index (χ1v) is 9.10. The zero-order valence-electron chi connectivity index (χ0n) is 16.4. The van der Waals surface area contributed by atoms with Gasteiger partial charge in [-0.15, -0.1) is 0 Å². The van der Waals surface area contributed by atoms with E-state index in [1.54, 1.807) is 13.8 Å². The van der Waals surface area contributed by atoms with Crippen molar-refractivity contribution in [1.29, 1.82) is 0 Å². The van der Waals surface area contributed by atoms with Crippen molar-refractivity contribution in [1.82, 2.24) is 9.78 Å². The molecule has 0 saturated heterocycles. The summed E-state index contributed by atoms with van der Waals surface area (Å²) < 4.78 is 60.5. The van der Waals surface area contributed by atoms with Gasteiger partial charge in [-0.3, -0.25) is 4.79 Å². The minimum absolute atomic E-state index is 0.151. The molecule has 1 amide bonds. The molecule has 0 unspecified atom stereocenters. The van der Waals surface area contributed by atoms with E-state index in [2.05, 4.69) is 10.4 Å². The number of benzene rings is 2. The van der Waals surface area contributed by atoms with E-state index in [-0.39, 0.29) is 17.4 Å². The van der Waals surface area contributed by atoms with Crippen LogP contribution in [0.4, 0.5) is 23.2 Å². The summed E-state index contributed by atoms with van der Waals surface area (Å²) in [6, 6.07) is 10.2. The minimum Gasteiger partial charge on any atom is -0.459 e. The fourth-order valence-corrected chi connectivity index (χ4v) is 2.76. The van der Waals surface area contributed by atoms with Gasteiger partial charge in [-0.1, -0.05) is 12.1 Å². The van der Waals surface area contributed by atoms with Crippen LogP contribution in [0.2, 0.25) is 0 Å². The van der Waals surface area contributed by atoms with Gasteiger partial charge in [-0.05, 0) is 50.2 Å². The van der Waals surface area contributed by atoms with E-state index < -0.39 is 40.8 Å². The Morgan fingerprint density at radius 3 is 2.29 bits per heavy atom. The summed E-state index contributed by atoms with van der Waals surface area (Å²) in [6.07, 6.45) is -4.58. The van der Waals surface area contributed by atoms with Crippen LogP contribution in [0.15, 0.2) is 54.7 Å². The average Bonchev–Trinajstić information content (AvgIpc) is 3.14. The Morgan fingerprint density at radius 1 is 1.06 bits per heavy atom. The maximum Gasteiger partial charge on any atom is 0.434 e. The van der Waals surface area contributed by atoms with Crippen LogP contribution in [-0.2, 0) is 10.9 Å². The molecule has 0 atom stereocenters. The Labute approximate surface area is 174 Å². The lowest BCUT2D eigenvalue weighted by atomic mass is 10.2. The highest BCUT2D eigenvalue weighted by molar-refractivity contribution is 6.05. The number of para-hydroxylation sites is 1. The number of hydrogen-bond donors (Lipinski definition) is 1. The standard InChI is InChI=1S/C21H17F4N3O3/c1-12(2)31-20(30)13-7-9-14(10-8-13)27-19(29)15-11-26-28(18(15)21(23,24)25)17-6-4-3-5-16(17)22/h3-12H,1-2H3,(H,27,29). The van der Waals surface area contributed by atoms with Gasteiger partial charge in [0.2, 0.25) is 0 Å². The first-order valence-electron chi connectivity index (χ1n) is 9.10. The van der Waals surface area contributed by atoms with Gasteiger partial charge < -0.3 is 10.1 Å². The number of alkyl halides is 3. The molecule has 3 aromatic rings. The summed E-state index contributed by atoms with van der Waals surface area (Å²) in [4.78, 5) is 24.4. The second-order valence-electron chi connectivity index (χ2n) is 6.75. The highest BCUT2D eigenvalue weighted by Gasteiger charge is 2.41. The molecule has 6 nitrogen and oxygen atoms in total. The molecule has 2 aromatic carbocycles. The van der Waals surface area contributed by atoms with Gasteiger partial charge >= 0.3 is 12.1 Å². The van der Waals surface area contributed by atoms with Gasteiger partial charge in [-0.25, -0.2) is 13.9 Å². The first kappa shape index (κ1) is 22.0. The molecule has 0 spiro atoms. The summed E-state index contributed by atoms with van der Waals surface area (Å²) >= 11 is 0. The van der Waals surface area contributed by atoms with Crippen molar-refractivity contribution in [2.45, 2.75) is 26.1 Å². The molecule has 31 heavy (non-hydrogen) atoms. The van der Waals surface area contributed by atoms with Crippen molar-refractivity contribution in [3.05, 3.63) is 77.4 Å². The number of aromatic nitrogens is 2. The number of carbonyl (C=O) groups excluding carboxylic acids is 2. The predicted octanol–water partition coefficient (Wildman–Crippen LogP) is 4.85. The summed E-state index contributed by atoms with van der Waals surface area (Å²) in [5.74, 6) is -2.59. The van der Waals surface area contributed by atoms with Gasteiger partial charge in [0.05, 0.1) is 23.4 Å². The number of amides is 1. The minimum atomic E-state index is -4.98. The molecule has 10 heteroatoms. The maximum absolute atomic E-state index is 14.0. The van der Waals surface area contributed by atoms with E-state index in [4.69, 9.17) is 4.74 Å². The van der Waals surface area contributed by atoms with Crippen LogP contribution in [0.1, 0.15) is 40.3 Å². The number of halogens is 4. The van der Waals surface area contributed by atoms with Gasteiger partial charge in [-0.2, -0.15) is 18.3 Å². The number of esters is 1. The lowest BCUT2D eigenvalue weighted by Crippen LogP contribution is -2.21. The van der Waals surface area contributed by atoms with Crippen molar-refractivity contribution >= 4 is 17.6 Å². The Kier molecular flexibility index (Phi) is 6.09. The summed E-state index contributed by atoms with van der Waals surface area (Å²) in [5, 5.41) is 5.89. The number of carbonyl (C=O) groups is 2. The highest BCUT2D eigenvalue weighted by atomic mass is 19.4. The Hall–Kier alpha value is -3.69. The Bertz CT molecular complexity index is 1110. The third-order valence-corrected chi connectivity index (χ3v) is 4.08. The molecule has 0 aliphatic carbocycles. The quantitative estimate of drug-likeness (QED) is 0.460. The number of hydrogen-bond acceptors (Lipinski definition) is 4. The number of ether oxygens (including phenoxy) is 1. The van der Waals surface area contributed by atoms with E-state index in [0.717, 1.165) is 18.3 Å². The van der Waals surface area contributed by atoms with Crippen molar-refractivity contribution < 1.29 is 31.9 Å². The third kappa shape index (κ3) is 4.90. The van der Waals surface area contributed by atoms with Crippen molar-refractivity contribution in [2.24, 2.45) is 0 Å². The van der Waals surface area contributed by atoms with Gasteiger partial charge in [0.1, 0.15) is 11.5 Å². The van der Waals surface area contributed by atoms with Gasteiger partial charge in [0.25, 0.3) is 5.91 Å². The van der Waals surface area contributed by atoms with E-state index in [9.17, 15) is 27.2 Å². The fraction of sp³-hybridized carbons (Fsp3) is 0.190. The highest BCUT2D eigenvalue weighted by Crippen LogP contribution is 2.34. The first-order chi connectivity index (χ1) is 14.6. The van der Waals surface area contributed by atoms with Crippen LogP contribution in [-0.4, -0.2) is 27.8 Å². The normalized spacial score (nSPS) is 11.5. The zero-order valence-corrected chi connectivity index (χ0v) is 16.4. The third-order valence-electron chi connectivity index (χ3n) is 4.08. The van der Waals surface area contributed by atoms with Crippen LogP contribution >= 0.6 is 0 Å². The van der Waals surface area contributed by atoms with Crippen LogP contribution in [0.25, 0.3) is 5.69 Å². The molecule has 0 aliphatic heterocycles. The predicted molar refractivity (Wildman–Crippen MR) is 103 cm³/mol. The van der Waals surface area contributed by atoms with Crippen LogP contribution in [0, 0.1) is 5.82 Å². The second-order valence-corrected chi connectivity index (χ2v) is 6.75. The fourth-order valence-electron chi connectivity index (χ4n) is 2.76. The molecule has 0 radical (unpaired) electrons. The molecule has 1 aromatic heterocycles. The number of nitrogens with zero attached hydrogens (tertiary/aromatic N) is 2. The topological polar surface area (TPSA) is 73.2 Å². The lowest BCUT2D eigenvalue weighted by molar-refractivity contribution is -0.143. The van der Waals surface area contributed by atoms with Gasteiger partial charge in [0, 0.05) is 5.69 Å². The molecule has 0 fully saturated rings. The summed E-state index contributed by atoms with van der Waals surface area (Å²) in [7, 11) is 0. The molecular weight excluding hydrogens is 418 g/mol. The summed E-state index contributed by atoms with van der Waals surface area (Å²) in [5.41, 5.74) is -2.26. The number of nitrogens with one attached hydrogen (secondary N) is 1. The van der Waals surface area contributed by atoms with Crippen molar-refractivity contribution in [2.75, 3.05) is 5.32 Å². The van der Waals surface area contributed by atoms with E-state index in [1.807, 2.05) is 0 Å². The van der Waals surface area contributed by atoms with Crippen molar-refractivity contribution in [3.63, 3.8) is 0 Å². The van der Waals surface area contributed by atoms with Crippen LogP contribution in [0.3, 0.4) is 0 Å². The molecule has 0 bridgehead atoms. The zero-order chi connectivity index (χ0) is 22.8. The second kappa shape index (κ2) is 8.58. The van der Waals surface area contributed by atoms with Gasteiger partial charge in [0.15, 0.2) is 5.69 Å². The smallest absolute Gasteiger partial charge is 0.434 e. The number of rotatable bonds is 5. The van der Waals surface area contributed by atoms with E-state index in [0.29, 0.717) is 4.68 Å². The summed E-state index contributed by atoms with van der Waals surface area (Å²) in [6.45, 7) is 3.37. The van der Waals surface area contributed by atoms with Crippen LogP contribution < -0.4 is 5.32 Å². The molecular formula is C21H17F4N3O3. The molecule has 1 N–H and O–H groups in total. The Balaban J connectivity index is 1.89. The van der Waals surface area contributed by atoms with Crippen LogP contribution in [0.5, 0.6) is 0 Å². The largest absolute Gasteiger partial charge is 0.459 e. The SMILES string of the molecule is CC(C)OC(=O)c1ccc(NC(=O)c2cnn(-c3ccccc3F)c2C(F)(F)F)cc1. The van der Waals surface area contributed by atoms with E-state index in [1.165, 1.54) is 36.4 Å². The maximum atomic E-state index is 14.0. The molecule has 1 heterocycles. The monoisotopic (exact) mass is 435 g/mol. The Morgan fingerprint density at radius 2 is 1.71 bits per heavy atom. The van der Waals surface area contributed by atoms with Crippen molar-refractivity contribution in [3.8, 4) is 5.69 Å². The molecule has 3 rings (SSSR count). The lowest BCUT2D eigenvalue weighted by Gasteiger charge is -2.13.